The van der Waals surface area contributed by atoms with Crippen LogP contribution in [0, 0.1) is 0 Å². The molecule has 0 fully saturated rings. The van der Waals surface area contributed by atoms with E-state index in [1.807, 2.05) is 13.8 Å². The summed E-state index contributed by atoms with van der Waals surface area (Å²) in [6.45, 7) is 4.44. The first kappa shape index (κ1) is 20.5. The molecule has 0 heterocycles. The minimum Gasteiger partial charge on any atom is -0.504 e. The van der Waals surface area contributed by atoms with Crippen LogP contribution in [-0.2, 0) is 19.1 Å². The zero-order valence-corrected chi connectivity index (χ0v) is 15.0. The van der Waals surface area contributed by atoms with E-state index in [1.54, 1.807) is 6.07 Å². The highest BCUT2D eigenvalue weighted by Crippen LogP contribution is 2.27. The Kier molecular flexibility index (Phi) is 9.14. The SMILES string of the molecule is CCCCOC(=O)C(=Cc1ccc(O)c(OC)c1)C(=O)OCCCC. The number of ether oxygens (including phenoxy) is 3. The highest BCUT2D eigenvalue weighted by atomic mass is 16.6. The molecule has 0 amide bonds. The van der Waals surface area contributed by atoms with Gasteiger partial charge in [-0.3, -0.25) is 0 Å². The van der Waals surface area contributed by atoms with E-state index in [2.05, 4.69) is 0 Å². The van der Waals surface area contributed by atoms with E-state index in [0.717, 1.165) is 25.7 Å². The summed E-state index contributed by atoms with van der Waals surface area (Å²) in [5.74, 6) is -1.23. The molecular formula is C19H26O6. The molecule has 0 aromatic heterocycles. The van der Waals surface area contributed by atoms with Crippen LogP contribution >= 0.6 is 0 Å². The van der Waals surface area contributed by atoms with Crippen molar-refractivity contribution >= 4 is 18.0 Å². The number of unbranched alkanes of at least 4 members (excludes halogenated alkanes) is 2. The van der Waals surface area contributed by atoms with Crippen molar-refractivity contribution in [2.45, 2.75) is 39.5 Å². The third-order valence-electron chi connectivity index (χ3n) is 3.42. The largest absolute Gasteiger partial charge is 0.504 e. The smallest absolute Gasteiger partial charge is 0.345 e. The van der Waals surface area contributed by atoms with Crippen molar-refractivity contribution in [3.8, 4) is 11.5 Å². The first-order valence-electron chi connectivity index (χ1n) is 8.46. The van der Waals surface area contributed by atoms with Gasteiger partial charge in [0, 0.05) is 0 Å². The third-order valence-corrected chi connectivity index (χ3v) is 3.42. The highest BCUT2D eigenvalue weighted by molar-refractivity contribution is 6.17. The normalized spacial score (nSPS) is 10.0. The van der Waals surface area contributed by atoms with Crippen LogP contribution in [0.15, 0.2) is 23.8 Å². The number of carbonyl (C=O) groups is 2. The number of hydrogen-bond donors (Lipinski definition) is 1. The summed E-state index contributed by atoms with van der Waals surface area (Å²) < 4.78 is 15.3. The van der Waals surface area contributed by atoms with Gasteiger partial charge in [0.15, 0.2) is 11.5 Å². The van der Waals surface area contributed by atoms with Crippen molar-refractivity contribution in [3.63, 3.8) is 0 Å². The Morgan fingerprint density at radius 1 is 1.04 bits per heavy atom. The summed E-state index contributed by atoms with van der Waals surface area (Å²) in [5, 5.41) is 9.65. The van der Waals surface area contributed by atoms with E-state index in [1.165, 1.54) is 25.3 Å². The molecular weight excluding hydrogens is 324 g/mol. The van der Waals surface area contributed by atoms with Crippen LogP contribution in [0.25, 0.3) is 6.08 Å². The van der Waals surface area contributed by atoms with Gasteiger partial charge >= 0.3 is 11.9 Å². The summed E-state index contributed by atoms with van der Waals surface area (Å²) in [5.41, 5.74) is 0.337. The summed E-state index contributed by atoms with van der Waals surface area (Å²) in [6.07, 6.45) is 4.57. The predicted octanol–water partition coefficient (Wildman–Crippen LogP) is 3.47. The molecule has 0 atom stereocenters. The lowest BCUT2D eigenvalue weighted by atomic mass is 10.1. The Labute approximate surface area is 148 Å². The average molecular weight is 350 g/mol. The molecule has 0 bridgehead atoms. The summed E-state index contributed by atoms with van der Waals surface area (Å²) in [6, 6.07) is 4.51. The quantitative estimate of drug-likeness (QED) is 0.229. The lowest BCUT2D eigenvalue weighted by Crippen LogP contribution is -2.19. The Balaban J connectivity index is 3.03. The topological polar surface area (TPSA) is 82.1 Å². The molecule has 0 unspecified atom stereocenters. The minimum atomic E-state index is -0.720. The van der Waals surface area contributed by atoms with E-state index in [0.29, 0.717) is 5.56 Å². The Bertz CT molecular complexity index is 582. The molecule has 0 aliphatic heterocycles. The summed E-state index contributed by atoms with van der Waals surface area (Å²) in [4.78, 5) is 24.5. The second-order valence-electron chi connectivity index (χ2n) is 5.47. The molecule has 6 heteroatoms. The fourth-order valence-electron chi connectivity index (χ4n) is 1.93. The second-order valence-corrected chi connectivity index (χ2v) is 5.47. The van der Waals surface area contributed by atoms with Crippen molar-refractivity contribution < 1.29 is 28.9 Å². The first-order valence-corrected chi connectivity index (χ1v) is 8.46. The van der Waals surface area contributed by atoms with Crippen LogP contribution in [-0.4, -0.2) is 37.4 Å². The van der Waals surface area contributed by atoms with Crippen molar-refractivity contribution in [2.75, 3.05) is 20.3 Å². The molecule has 25 heavy (non-hydrogen) atoms. The lowest BCUT2D eigenvalue weighted by molar-refractivity contribution is -0.147. The molecule has 1 aromatic carbocycles. The molecule has 0 aliphatic rings. The number of phenols is 1. The van der Waals surface area contributed by atoms with Crippen LogP contribution in [0.3, 0.4) is 0 Å². The average Bonchev–Trinajstić information content (AvgIpc) is 2.61. The van der Waals surface area contributed by atoms with Crippen LogP contribution in [0.1, 0.15) is 45.1 Å². The van der Waals surface area contributed by atoms with Gasteiger partial charge in [0.2, 0.25) is 0 Å². The zero-order chi connectivity index (χ0) is 18.7. The number of carbonyl (C=O) groups excluding carboxylic acids is 2. The van der Waals surface area contributed by atoms with Crippen LogP contribution < -0.4 is 4.74 Å². The zero-order valence-electron chi connectivity index (χ0n) is 15.0. The van der Waals surface area contributed by atoms with E-state index >= 15 is 0 Å². The fraction of sp³-hybridized carbons (Fsp3) is 0.474. The number of aromatic hydroxyl groups is 1. The van der Waals surface area contributed by atoms with Crippen LogP contribution in [0.4, 0.5) is 0 Å². The fourth-order valence-corrected chi connectivity index (χ4v) is 1.93. The molecule has 1 N–H and O–H groups in total. The second kappa shape index (κ2) is 11.1. The molecule has 1 aromatic rings. The van der Waals surface area contributed by atoms with Crippen molar-refractivity contribution in [1.82, 2.24) is 0 Å². The maximum atomic E-state index is 12.2. The summed E-state index contributed by atoms with van der Waals surface area (Å²) >= 11 is 0. The number of hydrogen-bond acceptors (Lipinski definition) is 6. The highest BCUT2D eigenvalue weighted by Gasteiger charge is 2.21. The molecule has 6 nitrogen and oxygen atoms in total. The molecule has 0 saturated carbocycles. The number of esters is 2. The molecule has 0 radical (unpaired) electrons. The van der Waals surface area contributed by atoms with Gasteiger partial charge in [-0.15, -0.1) is 0 Å². The third kappa shape index (κ3) is 6.87. The number of rotatable bonds is 10. The predicted molar refractivity (Wildman–Crippen MR) is 94.4 cm³/mol. The van der Waals surface area contributed by atoms with Gasteiger partial charge < -0.3 is 19.3 Å². The number of phenolic OH excluding ortho intramolecular Hbond substituents is 1. The first-order chi connectivity index (χ1) is 12.0. The number of methoxy groups -OCH3 is 1. The Hall–Kier alpha value is -2.50. The van der Waals surface area contributed by atoms with Crippen LogP contribution in [0.5, 0.6) is 11.5 Å². The van der Waals surface area contributed by atoms with Crippen molar-refractivity contribution in [3.05, 3.63) is 29.3 Å². The maximum absolute atomic E-state index is 12.2. The van der Waals surface area contributed by atoms with E-state index < -0.39 is 11.9 Å². The number of benzene rings is 1. The van der Waals surface area contributed by atoms with Gasteiger partial charge in [0.05, 0.1) is 20.3 Å². The maximum Gasteiger partial charge on any atom is 0.345 e. The van der Waals surface area contributed by atoms with Gasteiger partial charge in [-0.1, -0.05) is 32.8 Å². The standard InChI is InChI=1S/C19H26O6/c1-4-6-10-24-18(21)15(19(22)25-11-7-5-2)12-14-8-9-16(20)17(13-14)23-3/h8-9,12-13,20H,4-7,10-11H2,1-3H3. The molecule has 138 valence electrons. The minimum absolute atomic E-state index is 0.0303. The Morgan fingerprint density at radius 3 is 2.08 bits per heavy atom. The lowest BCUT2D eigenvalue weighted by Gasteiger charge is -2.09. The van der Waals surface area contributed by atoms with E-state index in [9.17, 15) is 14.7 Å². The van der Waals surface area contributed by atoms with Gasteiger partial charge in [0.1, 0.15) is 5.57 Å². The van der Waals surface area contributed by atoms with Gasteiger partial charge in [-0.25, -0.2) is 9.59 Å². The van der Waals surface area contributed by atoms with E-state index in [-0.39, 0.29) is 30.3 Å². The monoisotopic (exact) mass is 350 g/mol. The molecule has 0 saturated heterocycles. The summed E-state index contributed by atoms with van der Waals surface area (Å²) in [7, 11) is 1.42. The molecule has 0 spiro atoms. The van der Waals surface area contributed by atoms with Crippen LogP contribution in [0.2, 0.25) is 0 Å². The van der Waals surface area contributed by atoms with Gasteiger partial charge in [0.25, 0.3) is 0 Å². The van der Waals surface area contributed by atoms with Gasteiger partial charge in [-0.2, -0.15) is 0 Å². The Morgan fingerprint density at radius 2 is 1.60 bits per heavy atom. The molecule has 0 aliphatic carbocycles. The van der Waals surface area contributed by atoms with Crippen molar-refractivity contribution in [2.24, 2.45) is 0 Å². The molecule has 1 rings (SSSR count). The van der Waals surface area contributed by atoms with E-state index in [4.69, 9.17) is 14.2 Å². The van der Waals surface area contributed by atoms with Gasteiger partial charge in [-0.05, 0) is 36.6 Å². The van der Waals surface area contributed by atoms with Crippen molar-refractivity contribution in [1.29, 1.82) is 0 Å².